The second-order valence-corrected chi connectivity index (χ2v) is 3.59. The van der Waals surface area contributed by atoms with Crippen LogP contribution in [-0.4, -0.2) is 16.7 Å². The van der Waals surface area contributed by atoms with E-state index < -0.39 is 0 Å². The zero-order valence-corrected chi connectivity index (χ0v) is 8.86. The van der Waals surface area contributed by atoms with Crippen molar-refractivity contribution in [3.8, 4) is 0 Å². The number of hydrogen-bond donors (Lipinski definition) is 1. The Kier molecular flexibility index (Phi) is 3.97. The first-order valence-electron chi connectivity index (χ1n) is 4.82. The molecule has 80 valence electrons. The molecule has 1 heterocycles. The maximum atomic E-state index is 11.4. The molecular formula is C11H14N2O2. The van der Waals surface area contributed by atoms with Gasteiger partial charge < -0.3 is 5.32 Å². The number of nitrogens with one attached hydrogen (secondary N) is 1. The third kappa shape index (κ3) is 3.89. The maximum absolute atomic E-state index is 11.4. The van der Waals surface area contributed by atoms with Gasteiger partial charge in [-0.1, -0.05) is 13.8 Å². The Labute approximate surface area is 88.7 Å². The second-order valence-electron chi connectivity index (χ2n) is 3.59. The Hall–Kier alpha value is -1.71. The Morgan fingerprint density at radius 1 is 1.47 bits per heavy atom. The highest BCUT2D eigenvalue weighted by Crippen LogP contribution is 2.05. The summed E-state index contributed by atoms with van der Waals surface area (Å²) in [6, 6.07) is 3.45. The number of carbonyl (C=O) groups is 2. The van der Waals surface area contributed by atoms with Gasteiger partial charge in [0.1, 0.15) is 5.78 Å². The predicted molar refractivity (Wildman–Crippen MR) is 57.3 cm³/mol. The van der Waals surface area contributed by atoms with Gasteiger partial charge in [0.15, 0.2) is 0 Å². The Morgan fingerprint density at radius 3 is 2.73 bits per heavy atom. The van der Waals surface area contributed by atoms with Crippen molar-refractivity contribution in [3.63, 3.8) is 0 Å². The number of carbonyl (C=O) groups excluding carboxylic acids is 2. The SMILES string of the molecule is CC(C)C(=O)CC(=O)Nc1cccnc1. The average Bonchev–Trinajstić information content (AvgIpc) is 2.18. The van der Waals surface area contributed by atoms with E-state index in [9.17, 15) is 9.59 Å². The fourth-order valence-electron chi connectivity index (χ4n) is 1.00. The van der Waals surface area contributed by atoms with E-state index in [2.05, 4.69) is 10.3 Å². The summed E-state index contributed by atoms with van der Waals surface area (Å²) < 4.78 is 0. The molecule has 1 amide bonds. The lowest BCUT2D eigenvalue weighted by molar-refractivity contribution is -0.127. The number of aromatic nitrogens is 1. The Morgan fingerprint density at radius 2 is 2.20 bits per heavy atom. The summed E-state index contributed by atoms with van der Waals surface area (Å²) in [5.41, 5.74) is 0.610. The zero-order valence-electron chi connectivity index (χ0n) is 8.86. The molecule has 0 bridgehead atoms. The van der Waals surface area contributed by atoms with E-state index in [-0.39, 0.29) is 24.0 Å². The second kappa shape index (κ2) is 5.24. The van der Waals surface area contributed by atoms with Crippen LogP contribution in [0.15, 0.2) is 24.5 Å². The smallest absolute Gasteiger partial charge is 0.231 e. The number of nitrogens with zero attached hydrogens (tertiary/aromatic N) is 1. The highest BCUT2D eigenvalue weighted by molar-refractivity contribution is 6.04. The van der Waals surface area contributed by atoms with Crippen LogP contribution in [0.25, 0.3) is 0 Å². The third-order valence-corrected chi connectivity index (χ3v) is 1.92. The van der Waals surface area contributed by atoms with Gasteiger partial charge >= 0.3 is 0 Å². The molecule has 0 unspecified atom stereocenters. The van der Waals surface area contributed by atoms with Gasteiger partial charge in [-0.05, 0) is 12.1 Å². The molecule has 0 spiro atoms. The van der Waals surface area contributed by atoms with E-state index in [1.165, 1.54) is 6.20 Å². The van der Waals surface area contributed by atoms with E-state index in [1.54, 1.807) is 32.2 Å². The first kappa shape index (κ1) is 11.4. The summed E-state index contributed by atoms with van der Waals surface area (Å²) in [6.45, 7) is 3.55. The van der Waals surface area contributed by atoms with Crippen molar-refractivity contribution in [2.45, 2.75) is 20.3 Å². The van der Waals surface area contributed by atoms with Crippen molar-refractivity contribution in [2.24, 2.45) is 5.92 Å². The molecule has 0 fully saturated rings. The number of rotatable bonds is 4. The molecule has 0 radical (unpaired) electrons. The molecule has 0 saturated carbocycles. The van der Waals surface area contributed by atoms with Crippen LogP contribution in [-0.2, 0) is 9.59 Å². The van der Waals surface area contributed by atoms with Crippen LogP contribution in [0.5, 0.6) is 0 Å². The molecule has 0 aliphatic heterocycles. The van der Waals surface area contributed by atoms with E-state index in [0.717, 1.165) is 0 Å². The number of ketones is 1. The van der Waals surface area contributed by atoms with Crippen LogP contribution in [0.3, 0.4) is 0 Å². The van der Waals surface area contributed by atoms with Gasteiger partial charge in [0.05, 0.1) is 18.3 Å². The lowest BCUT2D eigenvalue weighted by atomic mass is 10.1. The molecule has 15 heavy (non-hydrogen) atoms. The molecular weight excluding hydrogens is 192 g/mol. The van der Waals surface area contributed by atoms with E-state index in [1.807, 2.05) is 0 Å². The number of Topliss-reactive ketones (excluding diaryl/α,β-unsaturated/α-hetero) is 1. The minimum absolute atomic E-state index is 0.0589. The van der Waals surface area contributed by atoms with Crippen LogP contribution in [0, 0.1) is 5.92 Å². The Balaban J connectivity index is 2.47. The van der Waals surface area contributed by atoms with Crippen molar-refractivity contribution >= 4 is 17.4 Å². The molecule has 0 aliphatic rings. The van der Waals surface area contributed by atoms with Crippen molar-refractivity contribution in [2.75, 3.05) is 5.32 Å². The molecule has 0 saturated heterocycles. The number of anilines is 1. The average molecular weight is 206 g/mol. The van der Waals surface area contributed by atoms with E-state index in [4.69, 9.17) is 0 Å². The summed E-state index contributed by atoms with van der Waals surface area (Å²) in [7, 11) is 0. The first-order chi connectivity index (χ1) is 7.09. The van der Waals surface area contributed by atoms with E-state index in [0.29, 0.717) is 5.69 Å². The predicted octanol–water partition coefficient (Wildman–Crippen LogP) is 1.64. The van der Waals surface area contributed by atoms with Gasteiger partial charge in [-0.25, -0.2) is 0 Å². The summed E-state index contributed by atoms with van der Waals surface area (Å²) in [4.78, 5) is 26.5. The molecule has 1 aromatic heterocycles. The van der Waals surface area contributed by atoms with Gasteiger partial charge in [-0.15, -0.1) is 0 Å². The summed E-state index contributed by atoms with van der Waals surface area (Å²) in [6.07, 6.45) is 3.08. The topological polar surface area (TPSA) is 59.1 Å². The van der Waals surface area contributed by atoms with Crippen molar-refractivity contribution < 1.29 is 9.59 Å². The highest BCUT2D eigenvalue weighted by atomic mass is 16.2. The number of pyridine rings is 1. The molecule has 4 heteroatoms. The van der Waals surface area contributed by atoms with Gasteiger partial charge in [-0.2, -0.15) is 0 Å². The van der Waals surface area contributed by atoms with Gasteiger partial charge in [0, 0.05) is 12.1 Å². The minimum atomic E-state index is -0.290. The zero-order chi connectivity index (χ0) is 11.3. The van der Waals surface area contributed by atoms with Crippen molar-refractivity contribution in [1.82, 2.24) is 4.98 Å². The van der Waals surface area contributed by atoms with Gasteiger partial charge in [-0.3, -0.25) is 14.6 Å². The van der Waals surface area contributed by atoms with Crippen LogP contribution in [0.4, 0.5) is 5.69 Å². The minimum Gasteiger partial charge on any atom is -0.324 e. The van der Waals surface area contributed by atoms with Crippen LogP contribution in [0.1, 0.15) is 20.3 Å². The highest BCUT2D eigenvalue weighted by Gasteiger charge is 2.12. The van der Waals surface area contributed by atoms with E-state index >= 15 is 0 Å². The van der Waals surface area contributed by atoms with Crippen LogP contribution < -0.4 is 5.32 Å². The summed E-state index contributed by atoms with van der Waals surface area (Å²) in [5, 5.41) is 2.61. The number of amides is 1. The van der Waals surface area contributed by atoms with Crippen LogP contribution in [0.2, 0.25) is 0 Å². The largest absolute Gasteiger partial charge is 0.324 e. The summed E-state index contributed by atoms with van der Waals surface area (Å²) in [5.74, 6) is -0.456. The molecule has 4 nitrogen and oxygen atoms in total. The Bertz CT molecular complexity index is 347. The third-order valence-electron chi connectivity index (χ3n) is 1.92. The molecule has 1 aromatic rings. The fourth-order valence-corrected chi connectivity index (χ4v) is 1.00. The molecule has 0 atom stereocenters. The quantitative estimate of drug-likeness (QED) is 0.762. The normalized spacial score (nSPS) is 10.1. The van der Waals surface area contributed by atoms with Crippen molar-refractivity contribution in [3.05, 3.63) is 24.5 Å². The maximum Gasteiger partial charge on any atom is 0.231 e. The molecule has 1 rings (SSSR count). The monoisotopic (exact) mass is 206 g/mol. The van der Waals surface area contributed by atoms with Crippen molar-refractivity contribution in [1.29, 1.82) is 0 Å². The lowest BCUT2D eigenvalue weighted by Crippen LogP contribution is -2.19. The first-order valence-corrected chi connectivity index (χ1v) is 4.82. The van der Waals surface area contributed by atoms with Crippen LogP contribution >= 0.6 is 0 Å². The van der Waals surface area contributed by atoms with Gasteiger partial charge in [0.25, 0.3) is 0 Å². The molecule has 0 aliphatic carbocycles. The molecule has 1 N–H and O–H groups in total. The standard InChI is InChI=1S/C11H14N2O2/c1-8(2)10(14)6-11(15)13-9-4-3-5-12-7-9/h3-5,7-8H,6H2,1-2H3,(H,13,15). The van der Waals surface area contributed by atoms with Gasteiger partial charge in [0.2, 0.25) is 5.91 Å². The molecule has 0 aromatic carbocycles. The fraction of sp³-hybridized carbons (Fsp3) is 0.364. The number of hydrogen-bond acceptors (Lipinski definition) is 3. The summed E-state index contributed by atoms with van der Waals surface area (Å²) >= 11 is 0. The lowest BCUT2D eigenvalue weighted by Gasteiger charge is -2.05.